The summed E-state index contributed by atoms with van der Waals surface area (Å²) in [4.78, 5) is 7.09. The van der Waals surface area contributed by atoms with Crippen LogP contribution in [0.25, 0.3) is 27.8 Å². The van der Waals surface area contributed by atoms with Crippen LogP contribution in [0.5, 0.6) is 5.75 Å². The number of hydrogen-bond acceptors (Lipinski definition) is 6. The van der Waals surface area contributed by atoms with Crippen molar-refractivity contribution in [3.63, 3.8) is 0 Å². The maximum Gasteiger partial charge on any atom is 0.243 e. The Morgan fingerprint density at radius 2 is 2.06 bits per heavy atom. The molecule has 0 spiro atoms. The van der Waals surface area contributed by atoms with Crippen LogP contribution in [-0.4, -0.2) is 33.4 Å². The van der Waals surface area contributed by atoms with E-state index >= 15 is 0 Å². The lowest BCUT2D eigenvalue weighted by Gasteiger charge is -2.10. The number of hydrogen-bond donors (Lipinski definition) is 0. The van der Waals surface area contributed by atoms with Crippen LogP contribution in [0.4, 0.5) is 4.39 Å². The third-order valence-corrected chi connectivity index (χ3v) is 5.31. The Morgan fingerprint density at radius 3 is 2.77 bits per heavy atom. The molecule has 10 heteroatoms. The molecule has 0 aliphatic rings. The molecule has 9 nitrogen and oxygen atoms in total. The number of halogens is 1. The molecule has 0 unspecified atom stereocenters. The molecular formula is C25H24FN7O2. The summed E-state index contributed by atoms with van der Waals surface area (Å²) in [6, 6.07) is 12.0. The molecule has 0 aliphatic carbocycles. The van der Waals surface area contributed by atoms with Crippen LogP contribution in [0.3, 0.4) is 0 Å². The minimum Gasteiger partial charge on any atom is -0.495 e. The molecule has 0 fully saturated rings. The van der Waals surface area contributed by atoms with Gasteiger partial charge in [0.25, 0.3) is 0 Å². The predicted octanol–water partition coefficient (Wildman–Crippen LogP) is 5.93. The summed E-state index contributed by atoms with van der Waals surface area (Å²) in [7, 11) is 1.62. The highest BCUT2D eigenvalue weighted by atomic mass is 19.1. The van der Waals surface area contributed by atoms with E-state index in [2.05, 4.69) is 25.2 Å². The van der Waals surface area contributed by atoms with Crippen molar-refractivity contribution in [1.82, 2.24) is 19.7 Å². The van der Waals surface area contributed by atoms with Gasteiger partial charge in [0.1, 0.15) is 11.6 Å². The quantitative estimate of drug-likeness (QED) is 0.122. The minimum atomic E-state index is -0.296. The van der Waals surface area contributed by atoms with Gasteiger partial charge in [-0.1, -0.05) is 23.3 Å². The Bertz CT molecular complexity index is 1370. The normalized spacial score (nSPS) is 11.3. The lowest BCUT2D eigenvalue weighted by Crippen LogP contribution is -1.96. The van der Waals surface area contributed by atoms with Crippen molar-refractivity contribution in [2.75, 3.05) is 13.7 Å². The summed E-state index contributed by atoms with van der Waals surface area (Å²) < 4.78 is 26.6. The molecule has 0 bridgehead atoms. The predicted molar refractivity (Wildman–Crippen MR) is 129 cm³/mol. The molecule has 0 aliphatic heterocycles. The Hall–Kier alpha value is -4.43. The fraction of sp³-hybridized carbons (Fsp3) is 0.240. The monoisotopic (exact) mass is 473 g/mol. The first-order valence-electron chi connectivity index (χ1n) is 11.0. The second-order valence-electron chi connectivity index (χ2n) is 7.89. The van der Waals surface area contributed by atoms with Crippen LogP contribution in [0, 0.1) is 12.7 Å². The van der Waals surface area contributed by atoms with Gasteiger partial charge in [-0.05, 0) is 66.8 Å². The zero-order valence-corrected chi connectivity index (χ0v) is 19.4. The number of allylic oxidation sites excluding steroid dienone is 1. The SMILES string of the molecule is COc1cc(C=C(CCCN=[N+]=[N-])c2nnc(Cc3ccc(F)cc3)o2)ccc1-n1cnc(C)c1. The summed E-state index contributed by atoms with van der Waals surface area (Å²) in [5.41, 5.74) is 12.9. The highest BCUT2D eigenvalue weighted by Gasteiger charge is 2.14. The maximum absolute atomic E-state index is 13.2. The number of imidazole rings is 1. The zero-order valence-electron chi connectivity index (χ0n) is 19.4. The van der Waals surface area contributed by atoms with Crippen LogP contribution < -0.4 is 4.74 Å². The van der Waals surface area contributed by atoms with Crippen LogP contribution in [-0.2, 0) is 6.42 Å². The van der Waals surface area contributed by atoms with E-state index in [-0.39, 0.29) is 5.82 Å². The van der Waals surface area contributed by atoms with Crippen LogP contribution in [0.15, 0.2) is 64.5 Å². The number of ether oxygens (including phenoxy) is 1. The maximum atomic E-state index is 13.2. The fourth-order valence-corrected chi connectivity index (χ4v) is 3.61. The number of nitrogens with zero attached hydrogens (tertiary/aromatic N) is 7. The number of azide groups is 1. The van der Waals surface area contributed by atoms with E-state index in [1.807, 2.05) is 42.0 Å². The topological polar surface area (TPSA) is 115 Å². The van der Waals surface area contributed by atoms with Gasteiger partial charge in [-0.25, -0.2) is 9.37 Å². The second kappa shape index (κ2) is 11.1. The average Bonchev–Trinajstić information content (AvgIpc) is 3.51. The third-order valence-electron chi connectivity index (χ3n) is 5.31. The van der Waals surface area contributed by atoms with Crippen molar-refractivity contribution in [2.45, 2.75) is 26.2 Å². The minimum absolute atomic E-state index is 0.296. The summed E-state index contributed by atoms with van der Waals surface area (Å²) in [5.74, 6) is 1.20. The van der Waals surface area contributed by atoms with Crippen molar-refractivity contribution in [3.05, 3.63) is 99.9 Å². The van der Waals surface area contributed by atoms with E-state index < -0.39 is 0 Å². The molecule has 0 N–H and O–H groups in total. The first-order valence-corrected chi connectivity index (χ1v) is 11.0. The molecular weight excluding hydrogens is 449 g/mol. The summed E-state index contributed by atoms with van der Waals surface area (Å²) >= 11 is 0. The van der Waals surface area contributed by atoms with E-state index in [1.165, 1.54) is 12.1 Å². The number of methoxy groups -OCH3 is 1. The Kier molecular flexibility index (Phi) is 7.54. The first kappa shape index (κ1) is 23.7. The molecule has 0 saturated heterocycles. The van der Waals surface area contributed by atoms with E-state index in [0.29, 0.717) is 43.3 Å². The van der Waals surface area contributed by atoms with Gasteiger partial charge in [0, 0.05) is 23.2 Å². The number of rotatable bonds is 10. The summed E-state index contributed by atoms with van der Waals surface area (Å²) in [6.45, 7) is 2.28. The van der Waals surface area contributed by atoms with Crippen molar-refractivity contribution < 1.29 is 13.5 Å². The van der Waals surface area contributed by atoms with Gasteiger partial charge in [0.2, 0.25) is 11.8 Å². The molecule has 178 valence electrons. The van der Waals surface area contributed by atoms with Crippen LogP contribution in [0.1, 0.15) is 41.4 Å². The molecule has 2 heterocycles. The van der Waals surface area contributed by atoms with Gasteiger partial charge in [0.15, 0.2) is 0 Å². The Balaban J connectivity index is 1.62. The van der Waals surface area contributed by atoms with Crippen molar-refractivity contribution in [2.24, 2.45) is 5.11 Å². The number of aromatic nitrogens is 4. The molecule has 0 saturated carbocycles. The summed E-state index contributed by atoms with van der Waals surface area (Å²) in [5, 5.41) is 12.0. The standard InChI is InChI=1S/C25H24FN7O2/c1-17-15-33(16-28-17)22-10-7-19(13-23(22)34-2)12-20(4-3-11-29-32-27)25-31-30-24(35-25)14-18-5-8-21(26)9-6-18/h5-10,12-13,15-16H,3-4,11,14H2,1-2H3. The number of benzene rings is 2. The molecule has 4 rings (SSSR count). The highest BCUT2D eigenvalue weighted by Crippen LogP contribution is 2.28. The van der Waals surface area contributed by atoms with Crippen LogP contribution >= 0.6 is 0 Å². The van der Waals surface area contributed by atoms with Gasteiger partial charge in [-0.15, -0.1) is 10.2 Å². The molecule has 2 aromatic heterocycles. The van der Waals surface area contributed by atoms with Gasteiger partial charge in [-0.2, -0.15) is 0 Å². The Labute approximate surface area is 201 Å². The summed E-state index contributed by atoms with van der Waals surface area (Å²) in [6.07, 6.45) is 7.21. The van der Waals surface area contributed by atoms with Gasteiger partial charge in [-0.3, -0.25) is 0 Å². The lowest BCUT2D eigenvalue weighted by atomic mass is 10.1. The van der Waals surface area contributed by atoms with Crippen molar-refractivity contribution >= 4 is 11.6 Å². The molecule has 4 aromatic rings. The van der Waals surface area contributed by atoms with E-state index in [9.17, 15) is 4.39 Å². The molecule has 0 amide bonds. The smallest absolute Gasteiger partial charge is 0.243 e. The number of aryl methyl sites for hydroxylation is 1. The van der Waals surface area contributed by atoms with E-state index in [0.717, 1.165) is 28.1 Å². The highest BCUT2D eigenvalue weighted by molar-refractivity contribution is 5.78. The first-order chi connectivity index (χ1) is 17.1. The van der Waals surface area contributed by atoms with E-state index in [4.69, 9.17) is 14.7 Å². The lowest BCUT2D eigenvalue weighted by molar-refractivity contribution is 0.413. The molecule has 0 atom stereocenters. The van der Waals surface area contributed by atoms with Gasteiger partial charge >= 0.3 is 0 Å². The fourth-order valence-electron chi connectivity index (χ4n) is 3.61. The third kappa shape index (κ3) is 6.13. The zero-order chi connectivity index (χ0) is 24.6. The van der Waals surface area contributed by atoms with Crippen molar-refractivity contribution in [3.8, 4) is 11.4 Å². The van der Waals surface area contributed by atoms with Gasteiger partial charge in [0.05, 0.1) is 31.2 Å². The van der Waals surface area contributed by atoms with Gasteiger partial charge < -0.3 is 13.7 Å². The average molecular weight is 474 g/mol. The molecule has 35 heavy (non-hydrogen) atoms. The van der Waals surface area contributed by atoms with E-state index in [1.54, 1.807) is 25.6 Å². The molecule has 0 radical (unpaired) electrons. The Morgan fingerprint density at radius 1 is 1.23 bits per heavy atom. The largest absolute Gasteiger partial charge is 0.495 e. The van der Waals surface area contributed by atoms with Crippen LogP contribution in [0.2, 0.25) is 0 Å². The molecule has 2 aromatic carbocycles. The second-order valence-corrected chi connectivity index (χ2v) is 7.89. The van der Waals surface area contributed by atoms with Crippen molar-refractivity contribution in [1.29, 1.82) is 0 Å².